The summed E-state index contributed by atoms with van der Waals surface area (Å²) >= 11 is 0. The highest BCUT2D eigenvalue weighted by molar-refractivity contribution is 6.59. The Morgan fingerprint density at radius 3 is 2.08 bits per heavy atom. The van der Waals surface area contributed by atoms with Crippen LogP contribution in [-0.2, 0) is 0 Å². The van der Waals surface area contributed by atoms with Crippen LogP contribution in [0, 0.1) is 0 Å². The Kier molecular flexibility index (Phi) is 9.55. The van der Waals surface area contributed by atoms with Crippen molar-refractivity contribution in [2.75, 3.05) is 0 Å². The molecule has 0 aromatic rings. The molecule has 0 amide bonds. The number of hydrogen-bond donors (Lipinski definition) is 0. The average molecular weight is 196 g/mol. The number of hydrogen-bond acceptors (Lipinski definition) is 0. The fourth-order valence-corrected chi connectivity index (χ4v) is 4.14. The Hall–Kier alpha value is -0.303. The summed E-state index contributed by atoms with van der Waals surface area (Å²) < 4.78 is 0. The fourth-order valence-electron chi connectivity index (χ4n) is 1.66. The molecule has 0 saturated heterocycles. The van der Waals surface area contributed by atoms with Crippen LogP contribution in [0.1, 0.15) is 32.6 Å². The zero-order chi connectivity index (χ0) is 9.94. The maximum absolute atomic E-state index is 3.83. The van der Waals surface area contributed by atoms with E-state index in [0.717, 1.165) is 0 Å². The molecule has 0 aromatic heterocycles. The van der Waals surface area contributed by atoms with Gasteiger partial charge in [0.25, 0.3) is 0 Å². The maximum Gasteiger partial charge on any atom is 0.0443 e. The lowest BCUT2D eigenvalue weighted by Gasteiger charge is -2.10. The molecule has 0 bridgehead atoms. The van der Waals surface area contributed by atoms with Crippen molar-refractivity contribution in [3.63, 3.8) is 0 Å². The van der Waals surface area contributed by atoms with E-state index in [0.29, 0.717) is 0 Å². The first-order chi connectivity index (χ1) is 6.35. The van der Waals surface area contributed by atoms with Crippen molar-refractivity contribution in [1.29, 1.82) is 0 Å². The minimum absolute atomic E-state index is 0.513. The molecule has 0 saturated carbocycles. The van der Waals surface area contributed by atoms with Crippen LogP contribution in [0.3, 0.4) is 0 Å². The lowest BCUT2D eigenvalue weighted by Crippen LogP contribution is -2.08. The van der Waals surface area contributed by atoms with Gasteiger partial charge < -0.3 is 0 Å². The van der Waals surface area contributed by atoms with E-state index < -0.39 is 8.80 Å². The monoisotopic (exact) mass is 196 g/mol. The molecule has 13 heavy (non-hydrogen) atoms. The van der Waals surface area contributed by atoms with Gasteiger partial charge >= 0.3 is 0 Å². The number of rotatable bonds is 9. The van der Waals surface area contributed by atoms with Crippen molar-refractivity contribution in [2.45, 2.75) is 50.7 Å². The molecule has 0 radical (unpaired) electrons. The number of allylic oxidation sites excluding steroid dienone is 2. The van der Waals surface area contributed by atoms with Crippen LogP contribution >= 0.6 is 0 Å². The molecule has 0 aliphatic carbocycles. The van der Waals surface area contributed by atoms with Gasteiger partial charge in [-0.05, 0) is 12.1 Å². The minimum atomic E-state index is -0.513. The van der Waals surface area contributed by atoms with Gasteiger partial charge in [0.05, 0.1) is 0 Å². The number of unbranched alkanes of at least 4 members (excludes halogenated alkanes) is 3. The first-order valence-electron chi connectivity index (χ1n) is 5.56. The van der Waals surface area contributed by atoms with Gasteiger partial charge in [-0.3, -0.25) is 0 Å². The Morgan fingerprint density at radius 1 is 1.00 bits per heavy atom. The molecule has 0 rings (SSSR count). The molecule has 0 aliphatic rings. The van der Waals surface area contributed by atoms with Crippen molar-refractivity contribution in [3.8, 4) is 0 Å². The predicted molar refractivity (Wildman–Crippen MR) is 66.1 cm³/mol. The van der Waals surface area contributed by atoms with E-state index in [4.69, 9.17) is 0 Å². The van der Waals surface area contributed by atoms with Crippen molar-refractivity contribution in [2.24, 2.45) is 0 Å². The quantitative estimate of drug-likeness (QED) is 0.295. The summed E-state index contributed by atoms with van der Waals surface area (Å²) in [5, 5.41) is 0. The highest BCUT2D eigenvalue weighted by atomic mass is 28.3. The van der Waals surface area contributed by atoms with Crippen LogP contribution in [0.15, 0.2) is 25.3 Å². The van der Waals surface area contributed by atoms with Crippen LogP contribution in [0.25, 0.3) is 0 Å². The van der Waals surface area contributed by atoms with Crippen LogP contribution in [0.4, 0.5) is 0 Å². The van der Waals surface area contributed by atoms with E-state index in [1.165, 1.54) is 43.8 Å². The van der Waals surface area contributed by atoms with Gasteiger partial charge in [0, 0.05) is 8.80 Å². The van der Waals surface area contributed by atoms with Gasteiger partial charge in [0.1, 0.15) is 0 Å². The first-order valence-corrected chi connectivity index (χ1v) is 8.01. The Morgan fingerprint density at radius 2 is 1.62 bits per heavy atom. The minimum Gasteiger partial charge on any atom is -0.103 e. The molecule has 0 atom stereocenters. The van der Waals surface area contributed by atoms with Crippen LogP contribution in [0.2, 0.25) is 18.1 Å². The van der Waals surface area contributed by atoms with E-state index >= 15 is 0 Å². The zero-order valence-electron chi connectivity index (χ0n) is 9.10. The second kappa shape index (κ2) is 9.78. The summed E-state index contributed by atoms with van der Waals surface area (Å²) in [4.78, 5) is 0. The van der Waals surface area contributed by atoms with E-state index in [9.17, 15) is 0 Å². The summed E-state index contributed by atoms with van der Waals surface area (Å²) in [6.45, 7) is 9.92. The zero-order valence-corrected chi connectivity index (χ0v) is 10.3. The molecule has 0 fully saturated rings. The Balaban J connectivity index is 3.43. The molecule has 0 aliphatic heterocycles. The van der Waals surface area contributed by atoms with Gasteiger partial charge in [-0.2, -0.15) is 0 Å². The molecule has 0 nitrogen and oxygen atoms in total. The molecule has 0 aromatic carbocycles. The van der Waals surface area contributed by atoms with E-state index in [1.54, 1.807) is 0 Å². The van der Waals surface area contributed by atoms with Gasteiger partial charge in [-0.25, -0.2) is 0 Å². The second-order valence-electron chi connectivity index (χ2n) is 3.76. The molecule has 0 N–H and O–H groups in total. The standard InChI is InChI=1S/C12H24Si/c1-4-7-8-9-12-13(10-5-2)11-6-3/h5-6,13H,2-4,7-12H2,1H3. The molecular formula is C12H24Si. The van der Waals surface area contributed by atoms with Crippen molar-refractivity contribution < 1.29 is 0 Å². The average Bonchev–Trinajstić information content (AvgIpc) is 2.13. The fraction of sp³-hybridized carbons (Fsp3) is 0.667. The third kappa shape index (κ3) is 8.04. The molecule has 0 heterocycles. The van der Waals surface area contributed by atoms with Crippen LogP contribution < -0.4 is 0 Å². The lowest BCUT2D eigenvalue weighted by molar-refractivity contribution is 0.698. The van der Waals surface area contributed by atoms with Gasteiger partial charge in [0.2, 0.25) is 0 Å². The SMILES string of the molecule is C=CC[SiH](CC=C)CCCCCC. The van der Waals surface area contributed by atoms with Gasteiger partial charge in [0.15, 0.2) is 0 Å². The highest BCUT2D eigenvalue weighted by Gasteiger charge is 2.05. The molecule has 1 heteroatoms. The first kappa shape index (κ1) is 12.7. The Bertz CT molecular complexity index is 119. The molecule has 0 spiro atoms. The van der Waals surface area contributed by atoms with Crippen molar-refractivity contribution >= 4 is 8.80 Å². The molecule has 0 unspecified atom stereocenters. The van der Waals surface area contributed by atoms with Crippen LogP contribution in [0.5, 0.6) is 0 Å². The Labute approximate surface area is 85.4 Å². The smallest absolute Gasteiger partial charge is 0.0443 e. The van der Waals surface area contributed by atoms with Crippen LogP contribution in [-0.4, -0.2) is 8.80 Å². The third-order valence-corrected chi connectivity index (χ3v) is 5.69. The van der Waals surface area contributed by atoms with Crippen molar-refractivity contribution in [3.05, 3.63) is 25.3 Å². The predicted octanol–water partition coefficient (Wildman–Crippen LogP) is 4.17. The summed E-state index contributed by atoms with van der Waals surface area (Å²) in [7, 11) is -0.513. The van der Waals surface area contributed by atoms with E-state index in [1.807, 2.05) is 0 Å². The van der Waals surface area contributed by atoms with Gasteiger partial charge in [-0.1, -0.05) is 50.8 Å². The second-order valence-corrected chi connectivity index (χ2v) is 7.02. The maximum atomic E-state index is 3.83. The molecular weight excluding hydrogens is 172 g/mol. The summed E-state index contributed by atoms with van der Waals surface area (Å²) in [6, 6.07) is 4.06. The highest BCUT2D eigenvalue weighted by Crippen LogP contribution is 2.12. The lowest BCUT2D eigenvalue weighted by atomic mass is 10.2. The van der Waals surface area contributed by atoms with Crippen molar-refractivity contribution in [1.82, 2.24) is 0 Å². The third-order valence-electron chi connectivity index (χ3n) is 2.47. The largest absolute Gasteiger partial charge is 0.103 e. The van der Waals surface area contributed by atoms with E-state index in [2.05, 4.69) is 32.2 Å². The summed E-state index contributed by atoms with van der Waals surface area (Å²) in [6.07, 6.45) is 9.81. The summed E-state index contributed by atoms with van der Waals surface area (Å²) in [5.41, 5.74) is 0. The van der Waals surface area contributed by atoms with E-state index in [-0.39, 0.29) is 0 Å². The topological polar surface area (TPSA) is 0 Å². The van der Waals surface area contributed by atoms with Gasteiger partial charge in [-0.15, -0.1) is 13.2 Å². The normalized spacial score (nSPS) is 10.3. The molecule has 76 valence electrons. The summed E-state index contributed by atoms with van der Waals surface area (Å²) in [5.74, 6) is 0.